The number of anilines is 2. The first-order chi connectivity index (χ1) is 11.4. The van der Waals surface area contributed by atoms with Crippen molar-refractivity contribution in [2.75, 3.05) is 10.6 Å². The summed E-state index contributed by atoms with van der Waals surface area (Å²) < 4.78 is 0. The second-order valence-corrected chi connectivity index (χ2v) is 5.39. The van der Waals surface area contributed by atoms with Crippen molar-refractivity contribution >= 4 is 29.0 Å². The lowest BCUT2D eigenvalue weighted by Crippen LogP contribution is -2.07. The summed E-state index contributed by atoms with van der Waals surface area (Å²) in [5.74, 6) is 0.288. The molecule has 0 radical (unpaired) electrons. The number of rotatable bonds is 5. The third-order valence-corrected chi connectivity index (χ3v) is 3.25. The highest BCUT2D eigenvalue weighted by molar-refractivity contribution is 5.99. The van der Waals surface area contributed by atoms with Crippen molar-refractivity contribution in [2.45, 2.75) is 27.3 Å². The summed E-state index contributed by atoms with van der Waals surface area (Å²) in [7, 11) is 0. The third kappa shape index (κ3) is 5.31. The van der Waals surface area contributed by atoms with Gasteiger partial charge in [-0.1, -0.05) is 18.2 Å². The Balaban J connectivity index is 2.00. The molecule has 0 saturated carbocycles. The number of aromatic nitrogens is 1. The standard InChI is InChI=1S/C18H20N4O2/c1-12(16-5-7-17(8-6-16)21-13(2)23)19-10-15-4-9-18(20-11-15)22-14(3)24/h4-9,11H,10H2,1-3H3,(H,21,23)(H,20,22,24). The van der Waals surface area contributed by atoms with Crippen LogP contribution < -0.4 is 10.6 Å². The van der Waals surface area contributed by atoms with Gasteiger partial charge in [-0.25, -0.2) is 4.98 Å². The number of carbonyl (C=O) groups excluding carboxylic acids is 2. The van der Waals surface area contributed by atoms with Crippen LogP contribution in [0.3, 0.4) is 0 Å². The molecule has 2 aromatic rings. The lowest BCUT2D eigenvalue weighted by Gasteiger charge is -2.05. The second-order valence-electron chi connectivity index (χ2n) is 5.39. The normalized spacial score (nSPS) is 11.0. The number of hydrogen-bond acceptors (Lipinski definition) is 4. The van der Waals surface area contributed by atoms with Crippen LogP contribution in [0.5, 0.6) is 0 Å². The predicted octanol–water partition coefficient (Wildman–Crippen LogP) is 3.01. The molecule has 2 amide bonds. The zero-order chi connectivity index (χ0) is 17.5. The third-order valence-electron chi connectivity index (χ3n) is 3.25. The van der Waals surface area contributed by atoms with Crippen LogP contribution in [0.2, 0.25) is 0 Å². The minimum atomic E-state index is -0.146. The summed E-state index contributed by atoms with van der Waals surface area (Å²) in [4.78, 5) is 30.7. The van der Waals surface area contributed by atoms with Crippen LogP contribution >= 0.6 is 0 Å². The van der Waals surface area contributed by atoms with Crippen molar-refractivity contribution in [2.24, 2.45) is 4.99 Å². The predicted molar refractivity (Wildman–Crippen MR) is 95.2 cm³/mol. The van der Waals surface area contributed by atoms with Crippen molar-refractivity contribution < 1.29 is 9.59 Å². The van der Waals surface area contributed by atoms with E-state index in [0.717, 1.165) is 22.5 Å². The van der Waals surface area contributed by atoms with Gasteiger partial charge in [-0.3, -0.25) is 14.6 Å². The van der Waals surface area contributed by atoms with Gasteiger partial charge in [0, 0.05) is 31.4 Å². The second kappa shape index (κ2) is 8.01. The van der Waals surface area contributed by atoms with Crippen molar-refractivity contribution in [3.8, 4) is 0 Å². The van der Waals surface area contributed by atoms with Crippen molar-refractivity contribution in [3.63, 3.8) is 0 Å². The molecular weight excluding hydrogens is 304 g/mol. The molecule has 6 nitrogen and oxygen atoms in total. The molecule has 0 aliphatic rings. The van der Waals surface area contributed by atoms with E-state index in [2.05, 4.69) is 20.6 Å². The number of pyridine rings is 1. The summed E-state index contributed by atoms with van der Waals surface area (Å²) >= 11 is 0. The Labute approximate surface area is 141 Å². The lowest BCUT2D eigenvalue weighted by molar-refractivity contribution is -0.115. The summed E-state index contributed by atoms with van der Waals surface area (Å²) in [6.45, 7) is 5.37. The molecule has 2 rings (SSSR count). The molecule has 0 spiro atoms. The average molecular weight is 324 g/mol. The van der Waals surface area contributed by atoms with Crippen LogP contribution in [0, 0.1) is 0 Å². The molecule has 124 valence electrons. The van der Waals surface area contributed by atoms with Crippen LogP contribution in [0.1, 0.15) is 31.9 Å². The van der Waals surface area contributed by atoms with Gasteiger partial charge in [0.1, 0.15) is 5.82 Å². The molecule has 0 aliphatic carbocycles. The molecule has 0 atom stereocenters. The van der Waals surface area contributed by atoms with Gasteiger partial charge in [0.25, 0.3) is 0 Å². The molecule has 2 N–H and O–H groups in total. The number of benzene rings is 1. The maximum absolute atomic E-state index is 11.0. The smallest absolute Gasteiger partial charge is 0.222 e. The van der Waals surface area contributed by atoms with Crippen LogP contribution in [0.4, 0.5) is 11.5 Å². The molecule has 24 heavy (non-hydrogen) atoms. The maximum atomic E-state index is 11.0. The molecule has 1 aromatic carbocycles. The zero-order valence-corrected chi connectivity index (χ0v) is 14.0. The van der Waals surface area contributed by atoms with Gasteiger partial charge in [-0.15, -0.1) is 0 Å². The quantitative estimate of drug-likeness (QED) is 0.829. The van der Waals surface area contributed by atoms with Crippen LogP contribution in [0.25, 0.3) is 0 Å². The van der Waals surface area contributed by atoms with E-state index in [1.165, 1.54) is 13.8 Å². The van der Waals surface area contributed by atoms with Crippen LogP contribution in [-0.2, 0) is 16.1 Å². The van der Waals surface area contributed by atoms with Crippen LogP contribution in [0.15, 0.2) is 47.6 Å². The largest absolute Gasteiger partial charge is 0.326 e. The maximum Gasteiger partial charge on any atom is 0.222 e. The molecule has 0 bridgehead atoms. The van der Waals surface area contributed by atoms with Gasteiger partial charge in [0.05, 0.1) is 6.54 Å². The van der Waals surface area contributed by atoms with Gasteiger partial charge >= 0.3 is 0 Å². The van der Waals surface area contributed by atoms with E-state index in [9.17, 15) is 9.59 Å². The van der Waals surface area contributed by atoms with Gasteiger partial charge in [0.2, 0.25) is 11.8 Å². The number of hydrogen-bond donors (Lipinski definition) is 2. The molecule has 0 saturated heterocycles. The molecule has 1 heterocycles. The lowest BCUT2D eigenvalue weighted by atomic mass is 10.1. The zero-order valence-electron chi connectivity index (χ0n) is 14.0. The highest BCUT2D eigenvalue weighted by Crippen LogP contribution is 2.12. The minimum absolute atomic E-state index is 0.0941. The molecule has 0 aliphatic heterocycles. The molecule has 0 unspecified atom stereocenters. The van der Waals surface area contributed by atoms with E-state index < -0.39 is 0 Å². The molecular formula is C18H20N4O2. The Hall–Kier alpha value is -3.02. The topological polar surface area (TPSA) is 83.5 Å². The van der Waals surface area contributed by atoms with E-state index in [4.69, 9.17) is 0 Å². The number of nitrogens with zero attached hydrogens (tertiary/aromatic N) is 2. The first-order valence-corrected chi connectivity index (χ1v) is 7.55. The van der Waals surface area contributed by atoms with Gasteiger partial charge in [0.15, 0.2) is 0 Å². The Morgan fingerprint density at radius 2 is 1.62 bits per heavy atom. The van der Waals surface area contributed by atoms with Crippen LogP contribution in [-0.4, -0.2) is 22.5 Å². The van der Waals surface area contributed by atoms with Gasteiger partial charge in [-0.2, -0.15) is 0 Å². The van der Waals surface area contributed by atoms with E-state index in [1.54, 1.807) is 12.3 Å². The van der Waals surface area contributed by atoms with E-state index >= 15 is 0 Å². The van der Waals surface area contributed by atoms with E-state index in [0.29, 0.717) is 12.4 Å². The minimum Gasteiger partial charge on any atom is -0.326 e. The number of aliphatic imine (C=N–C) groups is 1. The van der Waals surface area contributed by atoms with Crippen molar-refractivity contribution in [3.05, 3.63) is 53.7 Å². The fraction of sp³-hybridized carbons (Fsp3) is 0.222. The molecule has 0 fully saturated rings. The van der Waals surface area contributed by atoms with Gasteiger partial charge < -0.3 is 10.6 Å². The first-order valence-electron chi connectivity index (χ1n) is 7.55. The first kappa shape index (κ1) is 17.3. The van der Waals surface area contributed by atoms with Crippen molar-refractivity contribution in [1.29, 1.82) is 0 Å². The highest BCUT2D eigenvalue weighted by atomic mass is 16.2. The molecule has 1 aromatic heterocycles. The van der Waals surface area contributed by atoms with E-state index in [-0.39, 0.29) is 11.8 Å². The van der Waals surface area contributed by atoms with Crippen molar-refractivity contribution in [1.82, 2.24) is 4.98 Å². The molecule has 6 heteroatoms. The summed E-state index contributed by atoms with van der Waals surface area (Å²) in [5, 5.41) is 5.36. The fourth-order valence-corrected chi connectivity index (χ4v) is 2.07. The van der Waals surface area contributed by atoms with Gasteiger partial charge in [-0.05, 0) is 36.2 Å². The SMILES string of the molecule is CC(=O)Nc1ccc(C(C)=NCc2ccc(NC(C)=O)nc2)cc1. The summed E-state index contributed by atoms with van der Waals surface area (Å²) in [6.07, 6.45) is 1.70. The highest BCUT2D eigenvalue weighted by Gasteiger charge is 2.01. The Bertz CT molecular complexity index is 750. The fourth-order valence-electron chi connectivity index (χ4n) is 2.07. The monoisotopic (exact) mass is 324 g/mol. The Morgan fingerprint density at radius 1 is 0.958 bits per heavy atom. The Kier molecular flexibility index (Phi) is 5.78. The summed E-state index contributed by atoms with van der Waals surface area (Å²) in [6, 6.07) is 11.2. The van der Waals surface area contributed by atoms with E-state index in [1.807, 2.05) is 37.3 Å². The number of nitrogens with one attached hydrogen (secondary N) is 2. The number of amides is 2. The average Bonchev–Trinajstić information content (AvgIpc) is 2.53. The Morgan fingerprint density at radius 3 is 2.17 bits per heavy atom. The summed E-state index contributed by atoms with van der Waals surface area (Å²) in [5.41, 5.74) is 3.61. The number of carbonyl (C=O) groups is 2.